The molecule has 174 valence electrons. The number of fused-ring (bicyclic) bond motifs is 1. The van der Waals surface area contributed by atoms with Gasteiger partial charge in [-0.05, 0) is 50.8 Å². The number of nitrogens with one attached hydrogen (secondary N) is 1. The van der Waals surface area contributed by atoms with Crippen molar-refractivity contribution in [2.45, 2.75) is 65.2 Å². The molecule has 5 heteroatoms. The van der Waals surface area contributed by atoms with E-state index in [1.165, 1.54) is 6.21 Å². The molecule has 0 radical (unpaired) electrons. The van der Waals surface area contributed by atoms with Crippen LogP contribution in [0, 0.1) is 0 Å². The molecule has 0 aliphatic carbocycles. The Morgan fingerprint density at radius 3 is 2.15 bits per heavy atom. The van der Waals surface area contributed by atoms with Crippen LogP contribution in [0.5, 0.6) is 11.5 Å². The molecule has 3 N–H and O–H groups in total. The number of phenolic OH excluding ortho intramolecular Hbond substituents is 2. The van der Waals surface area contributed by atoms with Gasteiger partial charge in [0, 0.05) is 12.0 Å². The van der Waals surface area contributed by atoms with Crippen molar-refractivity contribution in [3.63, 3.8) is 0 Å². The molecule has 3 aromatic rings. The number of phenols is 2. The summed E-state index contributed by atoms with van der Waals surface area (Å²) in [6, 6.07) is 15.1. The largest absolute Gasteiger partial charge is 0.507 e. The molecule has 0 heterocycles. The Kier molecular flexibility index (Phi) is 6.82. The highest BCUT2D eigenvalue weighted by Gasteiger charge is 2.26. The zero-order valence-electron chi connectivity index (χ0n) is 20.4. The lowest BCUT2D eigenvalue weighted by Gasteiger charge is -2.28. The molecule has 0 saturated heterocycles. The number of carbonyl (C=O) groups excluding carboxylic acids is 1. The first-order chi connectivity index (χ1) is 15.4. The van der Waals surface area contributed by atoms with Gasteiger partial charge in [0.2, 0.25) is 5.91 Å². The van der Waals surface area contributed by atoms with E-state index >= 15 is 0 Å². The van der Waals surface area contributed by atoms with Gasteiger partial charge in [-0.3, -0.25) is 4.79 Å². The Balaban J connectivity index is 1.74. The fraction of sp³-hybridized carbons (Fsp3) is 0.357. The first kappa shape index (κ1) is 24.3. The van der Waals surface area contributed by atoms with E-state index in [2.05, 4.69) is 52.1 Å². The van der Waals surface area contributed by atoms with Gasteiger partial charge in [0.1, 0.15) is 11.5 Å². The van der Waals surface area contributed by atoms with Crippen LogP contribution in [0.15, 0.2) is 53.6 Å². The second kappa shape index (κ2) is 9.26. The van der Waals surface area contributed by atoms with Gasteiger partial charge in [-0.25, -0.2) is 5.43 Å². The molecular weight excluding hydrogens is 412 g/mol. The van der Waals surface area contributed by atoms with Gasteiger partial charge in [0.05, 0.1) is 6.21 Å². The van der Waals surface area contributed by atoms with Crippen molar-refractivity contribution < 1.29 is 15.0 Å². The fourth-order valence-corrected chi connectivity index (χ4v) is 3.88. The molecule has 0 bridgehead atoms. The van der Waals surface area contributed by atoms with Gasteiger partial charge in [0.15, 0.2) is 0 Å². The standard InChI is InChI=1S/C28H34N2O3/c1-27(2,3)22-15-18(16-23(26(22)33)28(4,5)6)11-14-25(32)30-29-17-21-20-10-8-7-9-19(20)12-13-24(21)31/h7-10,12-13,15-17,31,33H,11,14H2,1-6H3,(H,30,32)/b29-17-. The minimum Gasteiger partial charge on any atom is -0.507 e. The molecule has 0 aliphatic heterocycles. The lowest BCUT2D eigenvalue weighted by Crippen LogP contribution is -2.20. The summed E-state index contributed by atoms with van der Waals surface area (Å²) in [5, 5.41) is 27.0. The van der Waals surface area contributed by atoms with E-state index in [1.807, 2.05) is 42.5 Å². The molecule has 5 nitrogen and oxygen atoms in total. The summed E-state index contributed by atoms with van der Waals surface area (Å²) in [6.45, 7) is 12.4. The van der Waals surface area contributed by atoms with Gasteiger partial charge < -0.3 is 10.2 Å². The third-order valence-corrected chi connectivity index (χ3v) is 5.76. The van der Waals surface area contributed by atoms with Gasteiger partial charge in [-0.15, -0.1) is 0 Å². The van der Waals surface area contributed by atoms with E-state index in [1.54, 1.807) is 6.07 Å². The molecule has 3 rings (SSSR count). The summed E-state index contributed by atoms with van der Waals surface area (Å²) in [4.78, 5) is 12.4. The zero-order valence-corrected chi connectivity index (χ0v) is 20.4. The van der Waals surface area contributed by atoms with Crippen LogP contribution in [-0.2, 0) is 22.0 Å². The van der Waals surface area contributed by atoms with Crippen LogP contribution in [0.4, 0.5) is 0 Å². The average Bonchev–Trinajstić information content (AvgIpc) is 2.73. The molecule has 0 atom stereocenters. The highest BCUT2D eigenvalue weighted by atomic mass is 16.3. The summed E-state index contributed by atoms with van der Waals surface area (Å²) in [6.07, 6.45) is 2.27. The maximum absolute atomic E-state index is 12.4. The topological polar surface area (TPSA) is 81.9 Å². The monoisotopic (exact) mass is 446 g/mol. The summed E-state index contributed by atoms with van der Waals surface area (Å²) in [5.74, 6) is 0.233. The van der Waals surface area contributed by atoms with Crippen LogP contribution in [0.25, 0.3) is 10.8 Å². The molecule has 0 spiro atoms. The predicted octanol–water partition coefficient (Wildman–Crippen LogP) is 5.93. The SMILES string of the molecule is CC(C)(C)c1cc(CCC(=O)N/N=C\c2c(O)ccc3ccccc23)cc(C(C)(C)C)c1O. The average molecular weight is 447 g/mol. The van der Waals surface area contributed by atoms with Crippen molar-refractivity contribution in [1.82, 2.24) is 5.43 Å². The molecule has 3 aromatic carbocycles. The lowest BCUT2D eigenvalue weighted by molar-refractivity contribution is -0.121. The molecule has 0 fully saturated rings. The van der Waals surface area contributed by atoms with Crippen LogP contribution in [0.3, 0.4) is 0 Å². The highest BCUT2D eigenvalue weighted by molar-refractivity contribution is 6.02. The molecule has 0 aliphatic rings. The number of benzene rings is 3. The first-order valence-corrected chi connectivity index (χ1v) is 11.3. The molecule has 1 amide bonds. The molecule has 33 heavy (non-hydrogen) atoms. The third-order valence-electron chi connectivity index (χ3n) is 5.76. The number of hydrazone groups is 1. The van der Waals surface area contributed by atoms with Crippen molar-refractivity contribution in [2.24, 2.45) is 5.10 Å². The maximum Gasteiger partial charge on any atom is 0.240 e. The van der Waals surface area contributed by atoms with Gasteiger partial charge in [-0.2, -0.15) is 5.10 Å². The van der Waals surface area contributed by atoms with Crippen LogP contribution in [0.2, 0.25) is 0 Å². The Hall–Kier alpha value is -3.34. The number of hydrogen-bond acceptors (Lipinski definition) is 4. The van der Waals surface area contributed by atoms with Crippen molar-refractivity contribution in [3.05, 3.63) is 70.8 Å². The van der Waals surface area contributed by atoms with Crippen LogP contribution >= 0.6 is 0 Å². The normalized spacial score (nSPS) is 12.4. The lowest BCUT2D eigenvalue weighted by atomic mass is 9.78. The highest BCUT2D eigenvalue weighted by Crippen LogP contribution is 2.40. The maximum atomic E-state index is 12.4. The fourth-order valence-electron chi connectivity index (χ4n) is 3.88. The van der Waals surface area contributed by atoms with Gasteiger partial charge in [0.25, 0.3) is 0 Å². The van der Waals surface area contributed by atoms with E-state index in [0.717, 1.165) is 27.5 Å². The second-order valence-electron chi connectivity index (χ2n) is 10.6. The number of hydrogen-bond donors (Lipinski definition) is 3. The van der Waals surface area contributed by atoms with Gasteiger partial charge in [-0.1, -0.05) is 84.0 Å². The van der Waals surface area contributed by atoms with Crippen molar-refractivity contribution in [2.75, 3.05) is 0 Å². The Bertz CT molecular complexity index is 1160. The minimum atomic E-state index is -0.215. The summed E-state index contributed by atoms with van der Waals surface area (Å²) in [7, 11) is 0. The number of nitrogens with zero attached hydrogens (tertiary/aromatic N) is 1. The van der Waals surface area contributed by atoms with Crippen LogP contribution in [0.1, 0.15) is 70.2 Å². The van der Waals surface area contributed by atoms with E-state index in [0.29, 0.717) is 17.7 Å². The number of aromatic hydroxyl groups is 2. The quantitative estimate of drug-likeness (QED) is 0.336. The van der Waals surface area contributed by atoms with E-state index in [4.69, 9.17) is 0 Å². The number of rotatable bonds is 5. The molecule has 0 saturated carbocycles. The van der Waals surface area contributed by atoms with E-state index in [-0.39, 0.29) is 28.9 Å². The minimum absolute atomic E-state index is 0.111. The summed E-state index contributed by atoms with van der Waals surface area (Å²) < 4.78 is 0. The number of aryl methyl sites for hydroxylation is 1. The van der Waals surface area contributed by atoms with Crippen molar-refractivity contribution in [3.8, 4) is 11.5 Å². The Morgan fingerprint density at radius 2 is 1.55 bits per heavy atom. The summed E-state index contributed by atoms with van der Waals surface area (Å²) in [5.41, 5.74) is 5.48. The molecule has 0 unspecified atom stereocenters. The number of amides is 1. The van der Waals surface area contributed by atoms with Crippen molar-refractivity contribution in [1.29, 1.82) is 0 Å². The second-order valence-corrected chi connectivity index (χ2v) is 10.6. The Morgan fingerprint density at radius 1 is 0.939 bits per heavy atom. The summed E-state index contributed by atoms with van der Waals surface area (Å²) >= 11 is 0. The third kappa shape index (κ3) is 5.72. The van der Waals surface area contributed by atoms with Crippen LogP contribution in [-0.4, -0.2) is 22.3 Å². The van der Waals surface area contributed by atoms with E-state index in [9.17, 15) is 15.0 Å². The van der Waals surface area contributed by atoms with Crippen LogP contribution < -0.4 is 5.43 Å². The van der Waals surface area contributed by atoms with E-state index < -0.39 is 0 Å². The predicted molar refractivity (Wildman–Crippen MR) is 135 cm³/mol. The smallest absolute Gasteiger partial charge is 0.240 e. The number of carbonyl (C=O) groups is 1. The molecule has 0 aromatic heterocycles. The first-order valence-electron chi connectivity index (χ1n) is 11.3. The Labute approximate surface area is 196 Å². The van der Waals surface area contributed by atoms with Gasteiger partial charge >= 0.3 is 0 Å². The van der Waals surface area contributed by atoms with Crippen molar-refractivity contribution >= 4 is 22.9 Å². The molecular formula is C28H34N2O3. The zero-order chi connectivity index (χ0) is 24.4.